The lowest BCUT2D eigenvalue weighted by Crippen LogP contribution is -2.28. The third kappa shape index (κ3) is 3.72. The van der Waals surface area contributed by atoms with Gasteiger partial charge in [0.15, 0.2) is 0 Å². The van der Waals surface area contributed by atoms with Gasteiger partial charge < -0.3 is 4.42 Å². The van der Waals surface area contributed by atoms with E-state index in [1.54, 1.807) is 18.4 Å². The molecule has 0 fully saturated rings. The fraction of sp³-hybridized carbons (Fsp3) is 0.182. The molecule has 1 aliphatic heterocycles. The molecule has 4 rings (SSSR count). The lowest BCUT2D eigenvalue weighted by molar-refractivity contribution is 0.285. The number of halogens is 1. The second-order valence-electron chi connectivity index (χ2n) is 6.42. The second-order valence-corrected chi connectivity index (χ2v) is 6.42. The molecule has 0 radical (unpaired) electrons. The van der Waals surface area contributed by atoms with Gasteiger partial charge in [-0.1, -0.05) is 48.6 Å². The minimum absolute atomic E-state index is 0.222. The standard InChI is InChI=1S/C22H20FNO/c23-20-10-11-22-21(13-20)19(16-25-22)15-24-12-4-7-18(14-24)9-8-17-5-2-1-3-6-17/h1-3,5-11,13,16H,4,12,14-15H2. The van der Waals surface area contributed by atoms with E-state index in [0.717, 1.165) is 42.6 Å². The van der Waals surface area contributed by atoms with Crippen LogP contribution in [0.15, 0.2) is 76.9 Å². The van der Waals surface area contributed by atoms with Gasteiger partial charge in [-0.3, -0.25) is 4.90 Å². The van der Waals surface area contributed by atoms with Gasteiger partial charge >= 0.3 is 0 Å². The number of rotatable bonds is 4. The van der Waals surface area contributed by atoms with Crippen molar-refractivity contribution < 1.29 is 8.81 Å². The van der Waals surface area contributed by atoms with Gasteiger partial charge in [0, 0.05) is 30.6 Å². The van der Waals surface area contributed by atoms with Crippen LogP contribution in [0.1, 0.15) is 17.5 Å². The molecular weight excluding hydrogens is 313 g/mol. The summed E-state index contributed by atoms with van der Waals surface area (Å²) in [5.41, 5.74) is 4.31. The maximum Gasteiger partial charge on any atom is 0.134 e. The van der Waals surface area contributed by atoms with Crippen molar-refractivity contribution in [1.82, 2.24) is 4.90 Å². The SMILES string of the molecule is Fc1ccc2occ(CN3CCC=C(C=Cc4ccccc4)C3)c2c1. The minimum Gasteiger partial charge on any atom is -0.464 e. The molecule has 126 valence electrons. The third-order valence-electron chi connectivity index (χ3n) is 4.56. The Kier molecular flexibility index (Phi) is 4.49. The Morgan fingerprint density at radius 1 is 1.08 bits per heavy atom. The lowest BCUT2D eigenvalue weighted by atomic mass is 10.1. The Balaban J connectivity index is 1.46. The Morgan fingerprint density at radius 3 is 2.84 bits per heavy atom. The highest BCUT2D eigenvalue weighted by atomic mass is 19.1. The van der Waals surface area contributed by atoms with Crippen LogP contribution in [0, 0.1) is 5.82 Å². The van der Waals surface area contributed by atoms with E-state index in [9.17, 15) is 4.39 Å². The first-order valence-corrected chi connectivity index (χ1v) is 8.58. The summed E-state index contributed by atoms with van der Waals surface area (Å²) in [6.07, 6.45) is 9.41. The van der Waals surface area contributed by atoms with Crippen LogP contribution in [-0.4, -0.2) is 18.0 Å². The zero-order valence-electron chi connectivity index (χ0n) is 14.0. The van der Waals surface area contributed by atoms with Gasteiger partial charge in [0.1, 0.15) is 11.4 Å². The summed E-state index contributed by atoms with van der Waals surface area (Å²) in [4.78, 5) is 2.37. The van der Waals surface area contributed by atoms with Crippen molar-refractivity contribution in [2.24, 2.45) is 0 Å². The molecule has 1 aromatic heterocycles. The maximum absolute atomic E-state index is 13.5. The van der Waals surface area contributed by atoms with Crippen LogP contribution < -0.4 is 0 Å². The van der Waals surface area contributed by atoms with Gasteiger partial charge in [-0.15, -0.1) is 0 Å². The zero-order chi connectivity index (χ0) is 17.1. The summed E-state index contributed by atoms with van der Waals surface area (Å²) in [6, 6.07) is 15.0. The van der Waals surface area contributed by atoms with Crippen LogP contribution in [0.4, 0.5) is 4.39 Å². The number of benzene rings is 2. The minimum atomic E-state index is -0.222. The number of hydrogen-bond acceptors (Lipinski definition) is 2. The molecule has 0 N–H and O–H groups in total. The fourth-order valence-electron chi connectivity index (χ4n) is 3.27. The average molecular weight is 333 g/mol. The summed E-state index contributed by atoms with van der Waals surface area (Å²) in [5, 5.41) is 0.871. The van der Waals surface area contributed by atoms with Gasteiger partial charge in [-0.05, 0) is 35.8 Å². The Morgan fingerprint density at radius 2 is 1.96 bits per heavy atom. The number of hydrogen-bond donors (Lipinski definition) is 0. The predicted molar refractivity (Wildman–Crippen MR) is 99.6 cm³/mol. The number of fused-ring (bicyclic) bond motifs is 1. The van der Waals surface area contributed by atoms with Crippen LogP contribution in [-0.2, 0) is 6.54 Å². The highest BCUT2D eigenvalue weighted by molar-refractivity contribution is 5.81. The molecule has 2 heterocycles. The van der Waals surface area contributed by atoms with Crippen LogP contribution >= 0.6 is 0 Å². The first kappa shape index (κ1) is 15.9. The molecule has 0 saturated carbocycles. The molecular formula is C22H20FNO. The van der Waals surface area contributed by atoms with E-state index in [1.807, 2.05) is 18.2 Å². The molecule has 0 spiro atoms. The maximum atomic E-state index is 13.5. The summed E-state index contributed by atoms with van der Waals surface area (Å²) in [6.45, 7) is 2.67. The summed E-state index contributed by atoms with van der Waals surface area (Å²) in [5.74, 6) is -0.222. The smallest absolute Gasteiger partial charge is 0.134 e. The lowest BCUT2D eigenvalue weighted by Gasteiger charge is -2.25. The van der Waals surface area contributed by atoms with Crippen molar-refractivity contribution in [2.75, 3.05) is 13.1 Å². The van der Waals surface area contributed by atoms with Gasteiger partial charge in [0.2, 0.25) is 0 Å². The molecule has 2 aromatic carbocycles. The molecule has 1 aliphatic rings. The number of nitrogens with zero attached hydrogens (tertiary/aromatic N) is 1. The first-order valence-electron chi connectivity index (χ1n) is 8.58. The molecule has 0 amide bonds. The molecule has 3 aromatic rings. The van der Waals surface area contributed by atoms with Crippen molar-refractivity contribution in [2.45, 2.75) is 13.0 Å². The normalized spacial score (nSPS) is 15.8. The molecule has 0 aliphatic carbocycles. The summed E-state index contributed by atoms with van der Waals surface area (Å²) in [7, 11) is 0. The highest BCUT2D eigenvalue weighted by Gasteiger charge is 2.15. The third-order valence-corrected chi connectivity index (χ3v) is 4.56. The number of furan rings is 1. The quantitative estimate of drug-likeness (QED) is 0.634. The van der Waals surface area contributed by atoms with Crippen molar-refractivity contribution in [3.8, 4) is 0 Å². The fourth-order valence-corrected chi connectivity index (χ4v) is 3.27. The van der Waals surface area contributed by atoms with Crippen molar-refractivity contribution in [1.29, 1.82) is 0 Å². The second kappa shape index (κ2) is 7.08. The Labute approximate surface area is 146 Å². The Hall–Kier alpha value is -2.65. The molecule has 3 heteroatoms. The van der Waals surface area contributed by atoms with E-state index in [4.69, 9.17) is 4.42 Å². The van der Waals surface area contributed by atoms with Gasteiger partial charge in [0.25, 0.3) is 0 Å². The largest absolute Gasteiger partial charge is 0.464 e. The summed E-state index contributed by atoms with van der Waals surface area (Å²) < 4.78 is 19.1. The van der Waals surface area contributed by atoms with E-state index in [0.29, 0.717) is 0 Å². The molecule has 0 saturated heterocycles. The van der Waals surface area contributed by atoms with Crippen molar-refractivity contribution >= 4 is 17.0 Å². The van der Waals surface area contributed by atoms with E-state index >= 15 is 0 Å². The van der Waals surface area contributed by atoms with Crippen LogP contribution in [0.5, 0.6) is 0 Å². The van der Waals surface area contributed by atoms with E-state index in [-0.39, 0.29) is 5.82 Å². The zero-order valence-corrected chi connectivity index (χ0v) is 14.0. The van der Waals surface area contributed by atoms with Gasteiger partial charge in [-0.25, -0.2) is 4.39 Å². The van der Waals surface area contributed by atoms with E-state index in [1.165, 1.54) is 17.2 Å². The highest BCUT2D eigenvalue weighted by Crippen LogP contribution is 2.24. The molecule has 0 unspecified atom stereocenters. The van der Waals surface area contributed by atoms with Crippen LogP contribution in [0.2, 0.25) is 0 Å². The van der Waals surface area contributed by atoms with E-state index in [2.05, 4.69) is 35.3 Å². The summed E-state index contributed by atoms with van der Waals surface area (Å²) >= 11 is 0. The molecule has 25 heavy (non-hydrogen) atoms. The molecule has 0 bridgehead atoms. The van der Waals surface area contributed by atoms with Crippen LogP contribution in [0.25, 0.3) is 17.0 Å². The topological polar surface area (TPSA) is 16.4 Å². The Bertz CT molecular complexity index is 924. The van der Waals surface area contributed by atoms with Crippen molar-refractivity contribution in [3.63, 3.8) is 0 Å². The van der Waals surface area contributed by atoms with Crippen molar-refractivity contribution in [3.05, 3.63) is 89.5 Å². The molecule has 0 atom stereocenters. The van der Waals surface area contributed by atoms with Gasteiger partial charge in [0.05, 0.1) is 6.26 Å². The monoisotopic (exact) mass is 333 g/mol. The van der Waals surface area contributed by atoms with Crippen LogP contribution in [0.3, 0.4) is 0 Å². The first-order chi connectivity index (χ1) is 12.3. The average Bonchev–Trinajstić information content (AvgIpc) is 3.03. The predicted octanol–water partition coefficient (Wildman–Crippen LogP) is 5.42. The van der Waals surface area contributed by atoms with Gasteiger partial charge in [-0.2, -0.15) is 0 Å². The molecule has 2 nitrogen and oxygen atoms in total. The van der Waals surface area contributed by atoms with E-state index < -0.39 is 0 Å².